The summed E-state index contributed by atoms with van der Waals surface area (Å²) in [6.07, 6.45) is 3.41. The fourth-order valence-electron chi connectivity index (χ4n) is 3.59. The first-order valence-corrected chi connectivity index (χ1v) is 10.6. The maximum atomic E-state index is 12.6. The average molecular weight is 411 g/mol. The maximum absolute atomic E-state index is 12.6. The fourth-order valence-corrected chi connectivity index (χ4v) is 5.49. The van der Waals surface area contributed by atoms with Crippen molar-refractivity contribution in [1.29, 1.82) is 0 Å². The number of rotatable bonds is 2. The molecule has 1 aliphatic heterocycles. The zero-order valence-corrected chi connectivity index (χ0v) is 16.6. The summed E-state index contributed by atoms with van der Waals surface area (Å²) >= 11 is 3.41. The van der Waals surface area contributed by atoms with Gasteiger partial charge in [0.1, 0.15) is 10.7 Å². The highest BCUT2D eigenvalue weighted by Gasteiger charge is 2.34. The number of benzene rings is 1. The van der Waals surface area contributed by atoms with Crippen LogP contribution in [0.15, 0.2) is 39.3 Å². The summed E-state index contributed by atoms with van der Waals surface area (Å²) in [6.45, 7) is 6.31. The van der Waals surface area contributed by atoms with E-state index in [1.165, 1.54) is 6.42 Å². The van der Waals surface area contributed by atoms with Gasteiger partial charge in [-0.3, -0.25) is 9.71 Å². The van der Waals surface area contributed by atoms with E-state index < -0.39 is 10.0 Å². The smallest absolute Gasteiger partial charge is 0.264 e. The average Bonchev–Trinajstić information content (AvgIpc) is 2.73. The summed E-state index contributed by atoms with van der Waals surface area (Å²) in [5.74, 6) is 1.61. The van der Waals surface area contributed by atoms with Crippen LogP contribution in [0.1, 0.15) is 45.6 Å². The number of amidine groups is 1. The molecular weight excluding hydrogens is 388 g/mol. The van der Waals surface area contributed by atoms with Crippen LogP contribution in [0.3, 0.4) is 0 Å². The van der Waals surface area contributed by atoms with Crippen molar-refractivity contribution >= 4 is 36.7 Å². The van der Waals surface area contributed by atoms with Gasteiger partial charge in [-0.1, -0.05) is 54.8 Å². The molecule has 0 unspecified atom stereocenters. The van der Waals surface area contributed by atoms with Crippen molar-refractivity contribution in [3.8, 4) is 0 Å². The van der Waals surface area contributed by atoms with Crippen molar-refractivity contribution in [3.05, 3.63) is 39.9 Å². The Morgan fingerprint density at radius 3 is 2.71 bits per heavy atom. The Morgan fingerprint density at radius 1 is 1.25 bits per heavy atom. The number of nitrogens with one attached hydrogen (secondary N) is 1. The van der Waals surface area contributed by atoms with Crippen molar-refractivity contribution in [2.45, 2.75) is 46.1 Å². The lowest BCUT2D eigenvalue weighted by atomic mass is 9.78. The molecule has 0 aromatic heterocycles. The molecule has 3 rings (SSSR count). The Labute approximate surface area is 152 Å². The fraction of sp³-hybridized carbons (Fsp3) is 0.500. The predicted octanol–water partition coefficient (Wildman–Crippen LogP) is 4.34. The third-order valence-corrected chi connectivity index (χ3v) is 7.28. The second-order valence-corrected chi connectivity index (χ2v) is 9.42. The van der Waals surface area contributed by atoms with Crippen molar-refractivity contribution in [2.24, 2.45) is 16.8 Å². The highest BCUT2D eigenvalue weighted by molar-refractivity contribution is 9.10. The molecular formula is C18H23BrN2O2S. The lowest BCUT2D eigenvalue weighted by Crippen LogP contribution is -2.31. The Bertz CT molecular complexity index is 814. The van der Waals surface area contributed by atoms with Crippen LogP contribution in [0.2, 0.25) is 0 Å². The minimum absolute atomic E-state index is 0.184. The summed E-state index contributed by atoms with van der Waals surface area (Å²) in [4.78, 5) is 5.13. The molecule has 3 atom stereocenters. The van der Waals surface area contributed by atoms with Crippen molar-refractivity contribution in [1.82, 2.24) is 4.72 Å². The molecule has 0 radical (unpaired) electrons. The molecule has 1 aromatic rings. The molecule has 0 spiro atoms. The minimum atomic E-state index is -3.56. The standard InChI is InChI=1S/C18H23BrN2O2S/c1-11-6-4-9-16(12(11)2)20-18-13(3)17(24(22,23)21-18)14-7-5-8-15(19)10-14/h5,7-8,10-12,16H,4,6,9H2,1-3H3,(H,20,21)/t11-,12+,16+/m0/s1. The van der Waals surface area contributed by atoms with Gasteiger partial charge in [0.05, 0.1) is 6.04 Å². The van der Waals surface area contributed by atoms with Gasteiger partial charge in [-0.15, -0.1) is 0 Å². The second-order valence-electron chi connectivity index (χ2n) is 6.88. The summed E-state index contributed by atoms with van der Waals surface area (Å²) < 4.78 is 28.8. The SMILES string of the molecule is CC1=C(c2cccc(Br)c2)S(=O)(=O)NC1=N[C@@H]1CCC[C@H](C)[C@H]1C. The molecule has 1 heterocycles. The van der Waals surface area contributed by atoms with E-state index in [-0.39, 0.29) is 6.04 Å². The predicted molar refractivity (Wildman–Crippen MR) is 102 cm³/mol. The number of sulfonamides is 1. The van der Waals surface area contributed by atoms with Gasteiger partial charge in [-0.05, 0) is 42.9 Å². The van der Waals surface area contributed by atoms with Crippen LogP contribution in [-0.4, -0.2) is 20.3 Å². The zero-order valence-electron chi connectivity index (χ0n) is 14.2. The first-order valence-electron chi connectivity index (χ1n) is 8.37. The van der Waals surface area contributed by atoms with Crippen molar-refractivity contribution < 1.29 is 8.42 Å². The van der Waals surface area contributed by atoms with Crippen LogP contribution in [0.5, 0.6) is 0 Å². The molecule has 4 nitrogen and oxygen atoms in total. The highest BCUT2D eigenvalue weighted by atomic mass is 79.9. The molecule has 1 fully saturated rings. The topological polar surface area (TPSA) is 58.5 Å². The summed E-state index contributed by atoms with van der Waals surface area (Å²) in [5, 5.41) is 0. The lowest BCUT2D eigenvalue weighted by molar-refractivity contribution is 0.241. The number of hydrogen-bond donors (Lipinski definition) is 1. The Morgan fingerprint density at radius 2 is 2.00 bits per heavy atom. The first-order chi connectivity index (χ1) is 11.3. The second kappa shape index (κ2) is 6.64. The molecule has 24 heavy (non-hydrogen) atoms. The molecule has 0 bridgehead atoms. The van der Waals surface area contributed by atoms with Crippen LogP contribution < -0.4 is 4.72 Å². The van der Waals surface area contributed by atoms with Crippen LogP contribution in [0.4, 0.5) is 0 Å². The largest absolute Gasteiger partial charge is 0.264 e. The van der Waals surface area contributed by atoms with Crippen molar-refractivity contribution in [3.63, 3.8) is 0 Å². The van der Waals surface area contributed by atoms with Crippen LogP contribution in [-0.2, 0) is 10.0 Å². The van der Waals surface area contributed by atoms with Crippen LogP contribution in [0, 0.1) is 11.8 Å². The van der Waals surface area contributed by atoms with Gasteiger partial charge in [0.25, 0.3) is 10.0 Å². The highest BCUT2D eigenvalue weighted by Crippen LogP contribution is 2.35. The van der Waals surface area contributed by atoms with Gasteiger partial charge < -0.3 is 0 Å². The summed E-state index contributed by atoms with van der Waals surface area (Å²) in [6, 6.07) is 7.55. The van der Waals surface area contributed by atoms with E-state index in [1.54, 1.807) is 0 Å². The molecule has 0 amide bonds. The number of hydrogen-bond acceptors (Lipinski definition) is 3. The van der Waals surface area contributed by atoms with E-state index >= 15 is 0 Å². The molecule has 1 aliphatic carbocycles. The van der Waals surface area contributed by atoms with Gasteiger partial charge in [-0.25, -0.2) is 8.42 Å². The monoisotopic (exact) mass is 410 g/mol. The third kappa shape index (κ3) is 3.31. The van der Waals surface area contributed by atoms with Gasteiger partial charge in [0.15, 0.2) is 0 Å². The number of nitrogens with zero attached hydrogens (tertiary/aromatic N) is 1. The van der Waals surface area contributed by atoms with E-state index in [9.17, 15) is 8.42 Å². The Hall–Kier alpha value is -1.14. The quantitative estimate of drug-likeness (QED) is 0.787. The minimum Gasteiger partial charge on any atom is -0.264 e. The van der Waals surface area contributed by atoms with Gasteiger partial charge in [0.2, 0.25) is 0 Å². The summed E-state index contributed by atoms with van der Waals surface area (Å²) in [5.41, 5.74) is 1.39. The van der Waals surface area contributed by atoms with E-state index in [0.29, 0.717) is 33.7 Å². The molecule has 6 heteroatoms. The maximum Gasteiger partial charge on any atom is 0.264 e. The van der Waals surface area contributed by atoms with E-state index in [4.69, 9.17) is 4.99 Å². The Kier molecular flexibility index (Phi) is 4.89. The molecule has 1 aromatic carbocycles. The zero-order chi connectivity index (χ0) is 17.5. The molecule has 1 saturated carbocycles. The van der Waals surface area contributed by atoms with Gasteiger partial charge >= 0.3 is 0 Å². The molecule has 0 saturated heterocycles. The van der Waals surface area contributed by atoms with E-state index in [2.05, 4.69) is 34.5 Å². The van der Waals surface area contributed by atoms with E-state index in [1.807, 2.05) is 31.2 Å². The van der Waals surface area contributed by atoms with Gasteiger partial charge in [0, 0.05) is 10.0 Å². The summed E-state index contributed by atoms with van der Waals surface area (Å²) in [7, 11) is -3.56. The lowest BCUT2D eigenvalue weighted by Gasteiger charge is -2.31. The van der Waals surface area contributed by atoms with Crippen LogP contribution in [0.25, 0.3) is 4.91 Å². The van der Waals surface area contributed by atoms with Crippen LogP contribution >= 0.6 is 15.9 Å². The number of halogens is 1. The normalized spacial score (nSPS) is 31.3. The molecule has 130 valence electrons. The molecule has 2 aliphatic rings. The third-order valence-electron chi connectivity index (χ3n) is 5.24. The number of aliphatic imine (C=N–C) groups is 1. The van der Waals surface area contributed by atoms with E-state index in [0.717, 1.165) is 17.3 Å². The first kappa shape index (κ1) is 17.7. The van der Waals surface area contributed by atoms with Crippen molar-refractivity contribution in [2.75, 3.05) is 0 Å². The Balaban J connectivity index is 2.01. The van der Waals surface area contributed by atoms with Gasteiger partial charge in [-0.2, -0.15) is 0 Å². The molecule has 1 N–H and O–H groups in total.